The van der Waals surface area contributed by atoms with Crippen LogP contribution in [0.5, 0.6) is 0 Å². The predicted octanol–water partition coefficient (Wildman–Crippen LogP) is 1.75. The van der Waals surface area contributed by atoms with E-state index in [1.807, 2.05) is 0 Å². The summed E-state index contributed by atoms with van der Waals surface area (Å²) in [4.78, 5) is 4.39. The second-order valence-electron chi connectivity index (χ2n) is 6.30. The number of aliphatic hydroxyl groups is 1. The molecule has 0 aliphatic heterocycles. The van der Waals surface area contributed by atoms with Crippen molar-refractivity contribution in [2.75, 3.05) is 13.2 Å². The normalized spacial score (nSPS) is 29.0. The van der Waals surface area contributed by atoms with Crippen LogP contribution < -0.4 is 11.1 Å². The first kappa shape index (κ1) is 14.3. The fraction of sp³-hybridized carbons (Fsp3) is 0.562. The number of hydrogen-bond acceptors (Lipinski definition) is 2. The number of benzene rings is 1. The lowest BCUT2D eigenvalue weighted by Gasteiger charge is -2.27. The molecule has 0 heterocycles. The van der Waals surface area contributed by atoms with Gasteiger partial charge in [-0.1, -0.05) is 12.1 Å². The molecule has 2 fully saturated rings. The molecule has 4 N–H and O–H groups in total. The minimum absolute atomic E-state index is 0.0786. The maximum atomic E-state index is 13.0. The average Bonchev–Trinajstić information content (AvgIpc) is 3.17. The minimum Gasteiger partial charge on any atom is -0.396 e. The number of aliphatic imine (C=N–C) groups is 1. The fourth-order valence-corrected chi connectivity index (χ4v) is 2.96. The van der Waals surface area contributed by atoms with Crippen LogP contribution in [0.25, 0.3) is 0 Å². The number of nitrogens with one attached hydrogen (secondary N) is 1. The summed E-state index contributed by atoms with van der Waals surface area (Å²) in [7, 11) is 0. The summed E-state index contributed by atoms with van der Waals surface area (Å²) in [6, 6.07) is 6.97. The molecule has 2 atom stereocenters. The first-order valence-corrected chi connectivity index (χ1v) is 7.56. The van der Waals surface area contributed by atoms with E-state index in [-0.39, 0.29) is 23.8 Å². The molecule has 0 saturated heterocycles. The van der Waals surface area contributed by atoms with Gasteiger partial charge in [-0.05, 0) is 49.3 Å². The molecule has 4 nitrogen and oxygen atoms in total. The SMILES string of the molecule is NC(=NCC1(CO)CC1c1ccc(F)cc1)NC1CCC1. The number of guanidine groups is 1. The Morgan fingerprint density at radius 1 is 1.38 bits per heavy atom. The highest BCUT2D eigenvalue weighted by atomic mass is 19.1. The van der Waals surface area contributed by atoms with Crippen molar-refractivity contribution < 1.29 is 9.50 Å². The van der Waals surface area contributed by atoms with Gasteiger partial charge < -0.3 is 16.2 Å². The zero-order valence-corrected chi connectivity index (χ0v) is 12.1. The molecule has 0 amide bonds. The van der Waals surface area contributed by atoms with E-state index in [2.05, 4.69) is 10.3 Å². The number of halogens is 1. The lowest BCUT2D eigenvalue weighted by molar-refractivity contribution is 0.212. The van der Waals surface area contributed by atoms with Gasteiger partial charge in [0.25, 0.3) is 0 Å². The quantitative estimate of drug-likeness (QED) is 0.572. The number of nitrogens with zero attached hydrogens (tertiary/aromatic N) is 1. The van der Waals surface area contributed by atoms with E-state index in [1.54, 1.807) is 12.1 Å². The van der Waals surface area contributed by atoms with Gasteiger partial charge in [-0.25, -0.2) is 4.39 Å². The van der Waals surface area contributed by atoms with Gasteiger partial charge >= 0.3 is 0 Å². The van der Waals surface area contributed by atoms with Crippen LogP contribution in [0.15, 0.2) is 29.3 Å². The summed E-state index contributed by atoms with van der Waals surface area (Å²) >= 11 is 0. The van der Waals surface area contributed by atoms with E-state index in [1.165, 1.54) is 18.6 Å². The van der Waals surface area contributed by atoms with Crippen molar-refractivity contribution in [2.45, 2.75) is 37.6 Å². The third-order valence-electron chi connectivity index (χ3n) is 4.80. The smallest absolute Gasteiger partial charge is 0.188 e. The number of hydrogen-bond donors (Lipinski definition) is 3. The van der Waals surface area contributed by atoms with E-state index in [0.717, 1.165) is 24.8 Å². The van der Waals surface area contributed by atoms with Gasteiger partial charge in [-0.2, -0.15) is 0 Å². The van der Waals surface area contributed by atoms with Crippen molar-refractivity contribution in [3.63, 3.8) is 0 Å². The van der Waals surface area contributed by atoms with Crippen molar-refractivity contribution in [3.8, 4) is 0 Å². The topological polar surface area (TPSA) is 70.6 Å². The van der Waals surface area contributed by atoms with Crippen molar-refractivity contribution in [1.82, 2.24) is 5.32 Å². The van der Waals surface area contributed by atoms with Crippen molar-refractivity contribution in [1.29, 1.82) is 0 Å². The molecule has 0 bridgehead atoms. The Hall–Kier alpha value is -1.62. The maximum absolute atomic E-state index is 13.0. The van der Waals surface area contributed by atoms with E-state index < -0.39 is 0 Å². The maximum Gasteiger partial charge on any atom is 0.188 e. The minimum atomic E-state index is -0.235. The summed E-state index contributed by atoms with van der Waals surface area (Å²) in [6.07, 6.45) is 4.42. The molecule has 0 radical (unpaired) electrons. The molecule has 5 heteroatoms. The van der Waals surface area contributed by atoms with E-state index in [0.29, 0.717) is 18.5 Å². The Balaban J connectivity index is 1.60. The molecular formula is C16H22FN3O. The summed E-state index contributed by atoms with van der Waals surface area (Å²) in [5.74, 6) is 0.474. The third-order valence-corrected chi connectivity index (χ3v) is 4.80. The van der Waals surface area contributed by atoms with Crippen LogP contribution in [0.4, 0.5) is 4.39 Å². The van der Waals surface area contributed by atoms with Crippen LogP contribution in [-0.4, -0.2) is 30.3 Å². The van der Waals surface area contributed by atoms with Crippen LogP contribution in [0.2, 0.25) is 0 Å². The number of rotatable bonds is 5. The monoisotopic (exact) mass is 291 g/mol. The molecule has 0 spiro atoms. The van der Waals surface area contributed by atoms with Crippen LogP contribution in [0, 0.1) is 11.2 Å². The van der Waals surface area contributed by atoms with Crippen LogP contribution in [0.1, 0.15) is 37.2 Å². The van der Waals surface area contributed by atoms with Gasteiger partial charge in [0.05, 0.1) is 13.2 Å². The predicted molar refractivity (Wildman–Crippen MR) is 80.5 cm³/mol. The Morgan fingerprint density at radius 3 is 2.67 bits per heavy atom. The highest BCUT2D eigenvalue weighted by Crippen LogP contribution is 2.59. The van der Waals surface area contributed by atoms with E-state index in [4.69, 9.17) is 5.73 Å². The molecule has 1 aromatic rings. The summed E-state index contributed by atoms with van der Waals surface area (Å²) < 4.78 is 13.0. The molecule has 2 aliphatic rings. The molecule has 2 unspecified atom stereocenters. The standard InChI is InChI=1S/C16H22FN3O/c17-12-6-4-11(5-7-12)14-8-16(14,10-21)9-19-15(18)20-13-2-1-3-13/h4-7,13-14,21H,1-3,8-10H2,(H3,18,19,20). The van der Waals surface area contributed by atoms with Crippen LogP contribution >= 0.6 is 0 Å². The third kappa shape index (κ3) is 3.02. The molecule has 114 valence electrons. The van der Waals surface area contributed by atoms with Crippen molar-refractivity contribution in [2.24, 2.45) is 16.1 Å². The Kier molecular flexibility index (Phi) is 3.85. The largest absolute Gasteiger partial charge is 0.396 e. The highest BCUT2D eigenvalue weighted by Gasteiger charge is 2.54. The molecule has 2 saturated carbocycles. The lowest BCUT2D eigenvalue weighted by Crippen LogP contribution is -2.44. The van der Waals surface area contributed by atoms with E-state index >= 15 is 0 Å². The molecule has 21 heavy (non-hydrogen) atoms. The average molecular weight is 291 g/mol. The van der Waals surface area contributed by atoms with Gasteiger partial charge in [0.15, 0.2) is 5.96 Å². The highest BCUT2D eigenvalue weighted by molar-refractivity contribution is 5.78. The first-order valence-electron chi connectivity index (χ1n) is 7.56. The molecule has 2 aliphatic carbocycles. The zero-order valence-electron chi connectivity index (χ0n) is 12.1. The Bertz CT molecular complexity index is 527. The van der Waals surface area contributed by atoms with Crippen molar-refractivity contribution >= 4 is 5.96 Å². The molecule has 1 aromatic carbocycles. The Morgan fingerprint density at radius 2 is 2.10 bits per heavy atom. The summed E-state index contributed by atoms with van der Waals surface area (Å²) in [6.45, 7) is 0.590. The van der Waals surface area contributed by atoms with E-state index in [9.17, 15) is 9.50 Å². The van der Waals surface area contributed by atoms with Gasteiger partial charge in [0.2, 0.25) is 0 Å². The summed E-state index contributed by atoms with van der Waals surface area (Å²) in [5.41, 5.74) is 6.71. The fourth-order valence-electron chi connectivity index (χ4n) is 2.96. The zero-order chi connectivity index (χ0) is 14.9. The van der Waals surface area contributed by atoms with Gasteiger partial charge in [-0.3, -0.25) is 4.99 Å². The number of nitrogens with two attached hydrogens (primary N) is 1. The van der Waals surface area contributed by atoms with Crippen molar-refractivity contribution in [3.05, 3.63) is 35.6 Å². The van der Waals surface area contributed by atoms with Crippen LogP contribution in [-0.2, 0) is 0 Å². The second-order valence-corrected chi connectivity index (χ2v) is 6.30. The van der Waals surface area contributed by atoms with Gasteiger partial charge in [-0.15, -0.1) is 0 Å². The molecular weight excluding hydrogens is 269 g/mol. The number of aliphatic hydroxyl groups excluding tert-OH is 1. The lowest BCUT2D eigenvalue weighted by atomic mass is 9.93. The Labute approximate surface area is 124 Å². The summed E-state index contributed by atoms with van der Waals surface area (Å²) in [5, 5.41) is 12.9. The van der Waals surface area contributed by atoms with Gasteiger partial charge in [0.1, 0.15) is 5.82 Å². The molecule has 3 rings (SSSR count). The second kappa shape index (κ2) is 5.64. The first-order chi connectivity index (χ1) is 10.1. The van der Waals surface area contributed by atoms with Crippen LogP contribution in [0.3, 0.4) is 0 Å². The van der Waals surface area contributed by atoms with Gasteiger partial charge in [0, 0.05) is 11.5 Å². The molecule has 0 aromatic heterocycles.